The fraction of sp³-hybridized carbons (Fsp3) is 0.500. The molecule has 0 N–H and O–H groups in total. The zero-order valence-corrected chi connectivity index (χ0v) is 12.3. The third-order valence-corrected chi connectivity index (χ3v) is 4.99. The maximum Gasteiger partial charge on any atom is 0.501 e. The second kappa shape index (κ2) is 5.89. The summed E-state index contributed by atoms with van der Waals surface area (Å²) in [5, 5.41) is -0.553. The van der Waals surface area contributed by atoms with Gasteiger partial charge in [0.15, 0.2) is 0 Å². The van der Waals surface area contributed by atoms with Crippen molar-refractivity contribution < 1.29 is 26.0 Å². The van der Waals surface area contributed by atoms with E-state index in [1.165, 1.54) is 0 Å². The Morgan fingerprint density at radius 3 is 2.25 bits per heavy atom. The van der Waals surface area contributed by atoms with Gasteiger partial charge in [0.2, 0.25) is 0 Å². The molecule has 8 heteroatoms. The van der Waals surface area contributed by atoms with Crippen LogP contribution in [0, 0.1) is 11.7 Å². The van der Waals surface area contributed by atoms with E-state index in [0.29, 0.717) is 6.07 Å². The van der Waals surface area contributed by atoms with Crippen LogP contribution in [0.2, 0.25) is 0 Å². The van der Waals surface area contributed by atoms with E-state index in [1.54, 1.807) is 13.8 Å². The number of rotatable bonds is 4. The summed E-state index contributed by atoms with van der Waals surface area (Å²) in [5.41, 5.74) is -5.62. The fourth-order valence-electron chi connectivity index (χ4n) is 1.52. The summed E-state index contributed by atoms with van der Waals surface area (Å²) in [5.74, 6) is -1.12. The molecule has 1 atom stereocenters. The Hall–Kier alpha value is -0.820. The maximum absolute atomic E-state index is 13.1. The number of hydrogen-bond donors (Lipinski definition) is 0. The van der Waals surface area contributed by atoms with Crippen molar-refractivity contribution in [1.29, 1.82) is 0 Å². The van der Waals surface area contributed by atoms with Gasteiger partial charge in [-0.1, -0.05) is 19.9 Å². The molecule has 0 aliphatic rings. The van der Waals surface area contributed by atoms with E-state index < -0.39 is 31.4 Å². The molecule has 1 rings (SSSR count). The minimum atomic E-state index is -5.60. The number of alkyl halides is 4. The van der Waals surface area contributed by atoms with Crippen LogP contribution < -0.4 is 0 Å². The van der Waals surface area contributed by atoms with Gasteiger partial charge in [-0.2, -0.15) is 13.2 Å². The molecular weight excluding hydrogens is 320 g/mol. The van der Waals surface area contributed by atoms with Crippen molar-refractivity contribution in [2.75, 3.05) is 0 Å². The standard InChI is InChI=1S/C12H13ClF4O2S/c1-7(2)10(13)5-8-3-4-9(14)6-11(8)20(18,19)12(15,16)17/h3-4,6-7,10H,5H2,1-2H3. The lowest BCUT2D eigenvalue weighted by molar-refractivity contribution is -0.0436. The van der Waals surface area contributed by atoms with Gasteiger partial charge < -0.3 is 0 Å². The lowest BCUT2D eigenvalue weighted by atomic mass is 10.0. The molecule has 0 aliphatic carbocycles. The average Bonchev–Trinajstić information content (AvgIpc) is 2.29. The summed E-state index contributed by atoms with van der Waals surface area (Å²) in [4.78, 5) is -1.07. The van der Waals surface area contributed by atoms with Crippen LogP contribution in [0.4, 0.5) is 17.6 Å². The average molecular weight is 333 g/mol. The van der Waals surface area contributed by atoms with Crippen LogP contribution in [0.3, 0.4) is 0 Å². The molecule has 0 amide bonds. The van der Waals surface area contributed by atoms with Gasteiger partial charge in [-0.05, 0) is 30.0 Å². The van der Waals surface area contributed by atoms with E-state index in [0.717, 1.165) is 12.1 Å². The van der Waals surface area contributed by atoms with Crippen molar-refractivity contribution >= 4 is 21.4 Å². The number of benzene rings is 1. The summed E-state index contributed by atoms with van der Waals surface area (Å²) in [6.07, 6.45) is -0.0931. The fourth-order valence-corrected chi connectivity index (χ4v) is 2.70. The molecule has 0 fully saturated rings. The van der Waals surface area contributed by atoms with Crippen LogP contribution in [0.5, 0.6) is 0 Å². The van der Waals surface area contributed by atoms with E-state index in [9.17, 15) is 26.0 Å². The zero-order valence-electron chi connectivity index (χ0n) is 10.7. The van der Waals surface area contributed by atoms with Gasteiger partial charge in [-0.15, -0.1) is 11.6 Å². The Balaban J connectivity index is 3.36. The SMILES string of the molecule is CC(C)C(Cl)Cc1ccc(F)cc1S(=O)(=O)C(F)(F)F. The molecule has 1 aromatic rings. The maximum atomic E-state index is 13.1. The first-order valence-electron chi connectivity index (χ1n) is 5.70. The van der Waals surface area contributed by atoms with Gasteiger partial charge in [-0.25, -0.2) is 12.8 Å². The molecule has 2 nitrogen and oxygen atoms in total. The van der Waals surface area contributed by atoms with Crippen molar-refractivity contribution in [2.45, 2.75) is 36.0 Å². The molecule has 0 radical (unpaired) electrons. The molecular formula is C12H13ClF4O2S. The van der Waals surface area contributed by atoms with Gasteiger partial charge in [0.05, 0.1) is 4.90 Å². The second-order valence-corrected chi connectivity index (χ2v) is 7.14. The quantitative estimate of drug-likeness (QED) is 0.618. The van der Waals surface area contributed by atoms with Crippen molar-refractivity contribution in [3.05, 3.63) is 29.6 Å². The molecule has 0 saturated carbocycles. The Labute approximate surface area is 119 Å². The first-order valence-corrected chi connectivity index (χ1v) is 7.62. The number of sulfone groups is 1. The highest BCUT2D eigenvalue weighted by Crippen LogP contribution is 2.33. The van der Waals surface area contributed by atoms with Gasteiger partial charge in [0, 0.05) is 5.38 Å². The molecule has 20 heavy (non-hydrogen) atoms. The molecule has 0 spiro atoms. The lowest BCUT2D eigenvalue weighted by Gasteiger charge is -2.17. The Morgan fingerprint density at radius 1 is 1.25 bits per heavy atom. The van der Waals surface area contributed by atoms with Crippen molar-refractivity contribution in [2.24, 2.45) is 5.92 Å². The monoisotopic (exact) mass is 332 g/mol. The highest BCUT2D eigenvalue weighted by Gasteiger charge is 2.48. The van der Waals surface area contributed by atoms with E-state index in [1.807, 2.05) is 0 Å². The summed E-state index contributed by atoms with van der Waals surface area (Å²) in [6, 6.07) is 2.31. The minimum Gasteiger partial charge on any atom is -0.214 e. The minimum absolute atomic E-state index is 0.0665. The van der Waals surface area contributed by atoms with Crippen molar-refractivity contribution in [3.63, 3.8) is 0 Å². The molecule has 0 bridgehead atoms. The van der Waals surface area contributed by atoms with Crippen molar-refractivity contribution in [1.82, 2.24) is 0 Å². The Bertz CT molecular complexity index is 582. The Kier molecular flexibility index (Phi) is 5.08. The lowest BCUT2D eigenvalue weighted by Crippen LogP contribution is -2.25. The number of hydrogen-bond acceptors (Lipinski definition) is 2. The predicted molar refractivity (Wildman–Crippen MR) is 67.8 cm³/mol. The summed E-state index contributed by atoms with van der Waals surface area (Å²) < 4.78 is 73.7. The predicted octanol–water partition coefficient (Wildman–Crippen LogP) is 3.93. The molecule has 0 heterocycles. The highest BCUT2D eigenvalue weighted by molar-refractivity contribution is 7.92. The van der Waals surface area contributed by atoms with Crippen LogP contribution >= 0.6 is 11.6 Å². The molecule has 1 unspecified atom stereocenters. The van der Waals surface area contributed by atoms with Crippen LogP contribution in [0.15, 0.2) is 23.1 Å². The summed E-state index contributed by atoms with van der Waals surface area (Å²) >= 11 is 5.96. The van der Waals surface area contributed by atoms with Crippen LogP contribution in [-0.2, 0) is 16.3 Å². The van der Waals surface area contributed by atoms with Crippen molar-refractivity contribution in [3.8, 4) is 0 Å². The molecule has 0 saturated heterocycles. The molecule has 1 aromatic carbocycles. The van der Waals surface area contributed by atoms with E-state index in [2.05, 4.69) is 0 Å². The molecule has 114 valence electrons. The zero-order chi connectivity index (χ0) is 15.7. The first kappa shape index (κ1) is 17.2. The highest BCUT2D eigenvalue weighted by atomic mass is 35.5. The van der Waals surface area contributed by atoms with Crippen LogP contribution in [-0.4, -0.2) is 19.3 Å². The summed E-state index contributed by atoms with van der Waals surface area (Å²) in [7, 11) is -5.60. The smallest absolute Gasteiger partial charge is 0.214 e. The van der Waals surface area contributed by atoms with Gasteiger partial charge in [-0.3, -0.25) is 0 Å². The molecule has 0 aromatic heterocycles. The topological polar surface area (TPSA) is 34.1 Å². The largest absolute Gasteiger partial charge is 0.501 e. The molecule has 0 aliphatic heterocycles. The van der Waals surface area contributed by atoms with E-state index in [4.69, 9.17) is 11.6 Å². The van der Waals surface area contributed by atoms with E-state index >= 15 is 0 Å². The summed E-state index contributed by atoms with van der Waals surface area (Å²) in [6.45, 7) is 3.50. The van der Waals surface area contributed by atoms with Gasteiger partial charge in [0.1, 0.15) is 5.82 Å². The van der Waals surface area contributed by atoms with Gasteiger partial charge >= 0.3 is 5.51 Å². The normalized spacial score (nSPS) is 14.6. The van der Waals surface area contributed by atoms with Crippen LogP contribution in [0.1, 0.15) is 19.4 Å². The third-order valence-electron chi connectivity index (χ3n) is 2.76. The first-order chi connectivity index (χ1) is 8.96. The number of halogens is 5. The Morgan fingerprint density at radius 2 is 1.80 bits per heavy atom. The third kappa shape index (κ3) is 3.63. The van der Waals surface area contributed by atoms with Gasteiger partial charge in [0.25, 0.3) is 9.84 Å². The van der Waals surface area contributed by atoms with Crippen LogP contribution in [0.25, 0.3) is 0 Å². The van der Waals surface area contributed by atoms with E-state index in [-0.39, 0.29) is 17.9 Å². The second-order valence-electron chi connectivity index (χ2n) is 4.67.